The molecule has 3 amide bonds. The number of nitrogens with zero attached hydrogens (tertiary/aromatic N) is 1. The van der Waals surface area contributed by atoms with Gasteiger partial charge in [0.25, 0.3) is 0 Å². The Bertz CT molecular complexity index is 394. The van der Waals surface area contributed by atoms with Crippen molar-refractivity contribution in [3.05, 3.63) is 0 Å². The first-order valence-electron chi connectivity index (χ1n) is 6.60. The standard InChI is InChI=1S/C12H21N3O6/c1-15(8-12(20)2-4-21-5-3-12)11(19)14-6-9(16)13-7-10(17)18/h20H,2-8H2,1H3,(H,13,16)(H,14,19)(H,17,18). The SMILES string of the molecule is CN(CC1(O)CCOCC1)C(=O)NCC(=O)NCC(=O)O. The van der Waals surface area contributed by atoms with E-state index in [0.717, 1.165) is 0 Å². The van der Waals surface area contributed by atoms with Crippen molar-refractivity contribution in [3.8, 4) is 0 Å². The lowest BCUT2D eigenvalue weighted by atomic mass is 9.94. The molecule has 1 heterocycles. The molecule has 9 heteroatoms. The molecule has 1 aliphatic rings. The third-order valence-corrected chi connectivity index (χ3v) is 3.14. The predicted molar refractivity (Wildman–Crippen MR) is 71.7 cm³/mol. The summed E-state index contributed by atoms with van der Waals surface area (Å²) in [6.45, 7) is 0.217. The van der Waals surface area contributed by atoms with E-state index in [0.29, 0.717) is 26.1 Å². The number of carboxylic acid groups (broad SMARTS) is 1. The number of ether oxygens (including phenoxy) is 1. The molecule has 1 aliphatic heterocycles. The van der Waals surface area contributed by atoms with Crippen LogP contribution >= 0.6 is 0 Å². The number of urea groups is 1. The van der Waals surface area contributed by atoms with Crippen molar-refractivity contribution in [1.82, 2.24) is 15.5 Å². The average molecular weight is 303 g/mol. The summed E-state index contributed by atoms with van der Waals surface area (Å²) < 4.78 is 5.15. The van der Waals surface area contributed by atoms with Crippen LogP contribution in [0, 0.1) is 0 Å². The first-order valence-corrected chi connectivity index (χ1v) is 6.60. The Morgan fingerprint density at radius 2 is 1.81 bits per heavy atom. The number of rotatable bonds is 6. The van der Waals surface area contributed by atoms with Gasteiger partial charge in [-0.2, -0.15) is 0 Å². The van der Waals surface area contributed by atoms with Crippen molar-refractivity contribution >= 4 is 17.9 Å². The van der Waals surface area contributed by atoms with Gasteiger partial charge in [-0.25, -0.2) is 4.79 Å². The summed E-state index contributed by atoms with van der Waals surface area (Å²) >= 11 is 0. The largest absolute Gasteiger partial charge is 0.480 e. The molecule has 120 valence electrons. The summed E-state index contributed by atoms with van der Waals surface area (Å²) in [7, 11) is 1.51. The van der Waals surface area contributed by atoms with Crippen LogP contribution in [-0.2, 0) is 14.3 Å². The number of carboxylic acids is 1. The second-order valence-corrected chi connectivity index (χ2v) is 5.02. The average Bonchev–Trinajstić information content (AvgIpc) is 2.42. The van der Waals surface area contributed by atoms with Crippen molar-refractivity contribution < 1.29 is 29.3 Å². The third-order valence-electron chi connectivity index (χ3n) is 3.14. The van der Waals surface area contributed by atoms with Crippen molar-refractivity contribution in [2.24, 2.45) is 0 Å². The molecule has 0 aliphatic carbocycles. The van der Waals surface area contributed by atoms with Crippen LogP contribution in [0.1, 0.15) is 12.8 Å². The minimum Gasteiger partial charge on any atom is -0.480 e. The van der Waals surface area contributed by atoms with Crippen LogP contribution in [0.3, 0.4) is 0 Å². The molecule has 1 fully saturated rings. The maximum Gasteiger partial charge on any atom is 0.322 e. The van der Waals surface area contributed by atoms with Crippen molar-refractivity contribution in [2.45, 2.75) is 18.4 Å². The van der Waals surface area contributed by atoms with Crippen LogP contribution in [0.25, 0.3) is 0 Å². The number of aliphatic carboxylic acids is 1. The van der Waals surface area contributed by atoms with Crippen LogP contribution in [0.15, 0.2) is 0 Å². The highest BCUT2D eigenvalue weighted by atomic mass is 16.5. The lowest BCUT2D eigenvalue weighted by Gasteiger charge is -2.35. The molecule has 0 aromatic carbocycles. The number of hydrogen-bond donors (Lipinski definition) is 4. The van der Waals surface area contributed by atoms with Crippen LogP contribution in [0.5, 0.6) is 0 Å². The summed E-state index contributed by atoms with van der Waals surface area (Å²) in [4.78, 5) is 34.6. The third kappa shape index (κ3) is 6.41. The zero-order valence-corrected chi connectivity index (χ0v) is 11.9. The fourth-order valence-electron chi connectivity index (χ4n) is 1.95. The van der Waals surface area contributed by atoms with E-state index in [-0.39, 0.29) is 13.1 Å². The molecular formula is C12H21N3O6. The van der Waals surface area contributed by atoms with Crippen LogP contribution in [0.2, 0.25) is 0 Å². The van der Waals surface area contributed by atoms with E-state index in [1.165, 1.54) is 11.9 Å². The fraction of sp³-hybridized carbons (Fsp3) is 0.750. The fourth-order valence-corrected chi connectivity index (χ4v) is 1.95. The van der Waals surface area contributed by atoms with E-state index in [1.54, 1.807) is 0 Å². The van der Waals surface area contributed by atoms with E-state index in [1.807, 2.05) is 0 Å². The van der Waals surface area contributed by atoms with Gasteiger partial charge < -0.3 is 30.5 Å². The number of aliphatic hydroxyl groups is 1. The van der Waals surface area contributed by atoms with E-state index >= 15 is 0 Å². The molecule has 0 spiro atoms. The molecule has 0 bridgehead atoms. The van der Waals surface area contributed by atoms with Gasteiger partial charge in [0.05, 0.1) is 18.7 Å². The van der Waals surface area contributed by atoms with Gasteiger partial charge in [-0.05, 0) is 0 Å². The molecule has 9 nitrogen and oxygen atoms in total. The first kappa shape index (κ1) is 17.2. The van der Waals surface area contributed by atoms with Gasteiger partial charge in [0.2, 0.25) is 5.91 Å². The molecule has 1 saturated heterocycles. The Hall–Kier alpha value is -1.87. The van der Waals surface area contributed by atoms with Gasteiger partial charge in [-0.15, -0.1) is 0 Å². The summed E-state index contributed by atoms with van der Waals surface area (Å²) in [5.74, 6) is -1.75. The van der Waals surface area contributed by atoms with Crippen molar-refractivity contribution in [2.75, 3.05) is 39.9 Å². The van der Waals surface area contributed by atoms with Crippen LogP contribution < -0.4 is 10.6 Å². The molecule has 0 saturated carbocycles. The van der Waals surface area contributed by atoms with Crippen LogP contribution in [-0.4, -0.2) is 78.5 Å². The van der Waals surface area contributed by atoms with Crippen molar-refractivity contribution in [1.29, 1.82) is 0 Å². The topological polar surface area (TPSA) is 128 Å². The summed E-state index contributed by atoms with van der Waals surface area (Å²) in [6, 6.07) is -0.514. The van der Waals surface area contributed by atoms with Gasteiger partial charge in [0.1, 0.15) is 6.54 Å². The molecule has 1 rings (SSSR count). The van der Waals surface area contributed by atoms with E-state index < -0.39 is 30.1 Å². The van der Waals surface area contributed by atoms with Crippen molar-refractivity contribution in [3.63, 3.8) is 0 Å². The van der Waals surface area contributed by atoms with E-state index in [4.69, 9.17) is 9.84 Å². The predicted octanol–water partition coefficient (Wildman–Crippen LogP) is -1.63. The summed E-state index contributed by atoms with van der Waals surface area (Å²) in [6.07, 6.45) is 0.896. The van der Waals surface area contributed by atoms with Gasteiger partial charge >= 0.3 is 12.0 Å². The monoisotopic (exact) mass is 303 g/mol. The summed E-state index contributed by atoms with van der Waals surface area (Å²) in [5, 5.41) is 23.1. The number of hydrogen-bond acceptors (Lipinski definition) is 5. The molecule has 21 heavy (non-hydrogen) atoms. The maximum absolute atomic E-state index is 11.8. The van der Waals surface area contributed by atoms with E-state index in [9.17, 15) is 19.5 Å². The molecular weight excluding hydrogens is 282 g/mol. The molecule has 0 atom stereocenters. The molecule has 0 unspecified atom stereocenters. The normalized spacial score (nSPS) is 16.9. The number of carbonyl (C=O) groups is 3. The minimum atomic E-state index is -1.16. The Morgan fingerprint density at radius 1 is 1.19 bits per heavy atom. The summed E-state index contributed by atoms with van der Waals surface area (Å²) in [5.41, 5.74) is -0.976. The van der Waals surface area contributed by atoms with Gasteiger partial charge in [0.15, 0.2) is 0 Å². The Balaban J connectivity index is 2.30. The first-order chi connectivity index (χ1) is 9.82. The molecule has 4 N–H and O–H groups in total. The van der Waals surface area contributed by atoms with Crippen LogP contribution in [0.4, 0.5) is 4.79 Å². The van der Waals surface area contributed by atoms with Gasteiger partial charge in [-0.1, -0.05) is 0 Å². The second-order valence-electron chi connectivity index (χ2n) is 5.02. The number of nitrogens with one attached hydrogen (secondary N) is 2. The van der Waals surface area contributed by atoms with E-state index in [2.05, 4.69) is 10.6 Å². The highest BCUT2D eigenvalue weighted by Gasteiger charge is 2.32. The molecule has 0 radical (unpaired) electrons. The lowest BCUT2D eigenvalue weighted by molar-refractivity contribution is -0.137. The minimum absolute atomic E-state index is 0.138. The quantitative estimate of drug-likeness (QED) is 0.466. The highest BCUT2D eigenvalue weighted by molar-refractivity contribution is 5.86. The Morgan fingerprint density at radius 3 is 2.38 bits per heavy atom. The number of carbonyl (C=O) groups excluding carboxylic acids is 2. The molecule has 0 aromatic heterocycles. The second kappa shape index (κ2) is 7.79. The Kier molecular flexibility index (Phi) is 6.38. The zero-order chi connectivity index (χ0) is 15.9. The Labute approximate surface area is 122 Å². The molecule has 0 aromatic rings. The smallest absolute Gasteiger partial charge is 0.322 e. The highest BCUT2D eigenvalue weighted by Crippen LogP contribution is 2.21. The van der Waals surface area contributed by atoms with Gasteiger partial charge in [-0.3, -0.25) is 9.59 Å². The lowest BCUT2D eigenvalue weighted by Crippen LogP contribution is -2.51. The van der Waals surface area contributed by atoms with Gasteiger partial charge in [0, 0.05) is 33.1 Å². The maximum atomic E-state index is 11.8. The zero-order valence-electron chi connectivity index (χ0n) is 11.9. The number of likely N-dealkylation sites (N-methyl/N-ethyl adjacent to an activating group) is 1. The number of amides is 3.